The summed E-state index contributed by atoms with van der Waals surface area (Å²) < 4.78 is 0. The highest BCUT2D eigenvalue weighted by Gasteiger charge is 1.86. The normalized spacial score (nSPS) is 11.3. The van der Waals surface area contributed by atoms with Crippen LogP contribution in [-0.4, -0.2) is 27.2 Å². The lowest BCUT2D eigenvalue weighted by atomic mass is 10.1. The molecule has 0 aliphatic carbocycles. The van der Waals surface area contributed by atoms with E-state index in [2.05, 4.69) is 22.8 Å². The Morgan fingerprint density at radius 2 is 1.29 bits per heavy atom. The van der Waals surface area contributed by atoms with Crippen LogP contribution in [0.4, 0.5) is 0 Å². The summed E-state index contributed by atoms with van der Waals surface area (Å²) in [7, 11) is 4.02. The van der Waals surface area contributed by atoms with E-state index >= 15 is 0 Å². The highest BCUT2D eigenvalue weighted by Crippen LogP contribution is 2.00. The molecule has 0 spiro atoms. The molecular formula is C12H26N2. The molecular weight excluding hydrogens is 172 g/mol. The Morgan fingerprint density at radius 1 is 0.714 bits per heavy atom. The lowest BCUT2D eigenvalue weighted by Gasteiger charge is -1.97. The standard InChI is InChI=1S/C12H26N2/c1-13-11-9-7-5-3-4-6-8-10-12-14-2/h3,5,13-14H,4,6-12H2,1-2H3/b5-3+. The van der Waals surface area contributed by atoms with Gasteiger partial charge in [-0.2, -0.15) is 0 Å². The van der Waals surface area contributed by atoms with Crippen LogP contribution in [0.5, 0.6) is 0 Å². The maximum Gasteiger partial charge on any atom is -0.00490 e. The highest BCUT2D eigenvalue weighted by atomic mass is 14.8. The van der Waals surface area contributed by atoms with Crippen LogP contribution in [-0.2, 0) is 0 Å². The topological polar surface area (TPSA) is 24.1 Å². The molecule has 84 valence electrons. The van der Waals surface area contributed by atoms with Crippen molar-refractivity contribution in [3.05, 3.63) is 12.2 Å². The van der Waals surface area contributed by atoms with Gasteiger partial charge in [0, 0.05) is 0 Å². The van der Waals surface area contributed by atoms with E-state index in [1.165, 1.54) is 38.5 Å². The molecule has 2 nitrogen and oxygen atoms in total. The van der Waals surface area contributed by atoms with E-state index in [1.807, 2.05) is 14.1 Å². The van der Waals surface area contributed by atoms with E-state index in [0.29, 0.717) is 0 Å². The van der Waals surface area contributed by atoms with E-state index in [0.717, 1.165) is 13.1 Å². The Hall–Kier alpha value is -0.340. The zero-order valence-electron chi connectivity index (χ0n) is 9.81. The monoisotopic (exact) mass is 198 g/mol. The van der Waals surface area contributed by atoms with Gasteiger partial charge in [-0.15, -0.1) is 0 Å². The van der Waals surface area contributed by atoms with Gasteiger partial charge in [0.15, 0.2) is 0 Å². The minimum Gasteiger partial charge on any atom is -0.320 e. The molecule has 0 rings (SSSR count). The molecule has 0 heterocycles. The third kappa shape index (κ3) is 11.7. The van der Waals surface area contributed by atoms with Crippen molar-refractivity contribution < 1.29 is 0 Å². The molecule has 0 bridgehead atoms. The first-order valence-corrected chi connectivity index (χ1v) is 5.86. The molecule has 14 heavy (non-hydrogen) atoms. The minimum atomic E-state index is 1.13. The zero-order chi connectivity index (χ0) is 10.5. The second-order valence-electron chi connectivity index (χ2n) is 3.67. The molecule has 0 aliphatic rings. The molecule has 0 aromatic rings. The van der Waals surface area contributed by atoms with Crippen molar-refractivity contribution in [1.29, 1.82) is 0 Å². The molecule has 0 atom stereocenters. The van der Waals surface area contributed by atoms with Crippen molar-refractivity contribution in [1.82, 2.24) is 10.6 Å². The molecule has 0 aromatic heterocycles. The van der Waals surface area contributed by atoms with E-state index in [-0.39, 0.29) is 0 Å². The second-order valence-corrected chi connectivity index (χ2v) is 3.67. The van der Waals surface area contributed by atoms with Gasteiger partial charge in [0.05, 0.1) is 0 Å². The number of allylic oxidation sites excluding steroid dienone is 2. The van der Waals surface area contributed by atoms with Gasteiger partial charge in [-0.25, -0.2) is 0 Å². The van der Waals surface area contributed by atoms with Gasteiger partial charge in [-0.05, 0) is 59.3 Å². The maximum atomic E-state index is 3.17. The van der Waals surface area contributed by atoms with Crippen LogP contribution in [0.25, 0.3) is 0 Å². The van der Waals surface area contributed by atoms with Crippen LogP contribution in [0.3, 0.4) is 0 Å². The van der Waals surface area contributed by atoms with Gasteiger partial charge in [0.1, 0.15) is 0 Å². The number of nitrogens with one attached hydrogen (secondary N) is 2. The van der Waals surface area contributed by atoms with E-state index in [4.69, 9.17) is 0 Å². The van der Waals surface area contributed by atoms with Gasteiger partial charge in [0.25, 0.3) is 0 Å². The van der Waals surface area contributed by atoms with Crippen LogP contribution < -0.4 is 10.6 Å². The summed E-state index contributed by atoms with van der Waals surface area (Å²) in [4.78, 5) is 0. The third-order valence-electron chi connectivity index (χ3n) is 2.26. The fourth-order valence-electron chi connectivity index (χ4n) is 1.37. The first-order valence-electron chi connectivity index (χ1n) is 5.86. The van der Waals surface area contributed by atoms with Gasteiger partial charge in [-0.1, -0.05) is 18.6 Å². The second kappa shape index (κ2) is 12.7. The van der Waals surface area contributed by atoms with Crippen LogP contribution in [0, 0.1) is 0 Å². The Kier molecular flexibility index (Phi) is 12.4. The van der Waals surface area contributed by atoms with Crippen molar-refractivity contribution in [2.24, 2.45) is 0 Å². The number of rotatable bonds is 10. The van der Waals surface area contributed by atoms with E-state index in [9.17, 15) is 0 Å². The number of hydrogen-bond acceptors (Lipinski definition) is 2. The average Bonchev–Trinajstić information content (AvgIpc) is 2.21. The molecule has 0 amide bonds. The fraction of sp³-hybridized carbons (Fsp3) is 0.833. The summed E-state index contributed by atoms with van der Waals surface area (Å²) in [5.41, 5.74) is 0. The first-order chi connectivity index (χ1) is 6.91. The van der Waals surface area contributed by atoms with Crippen molar-refractivity contribution in [2.75, 3.05) is 27.2 Å². The molecule has 0 unspecified atom stereocenters. The van der Waals surface area contributed by atoms with Gasteiger partial charge < -0.3 is 10.6 Å². The molecule has 2 N–H and O–H groups in total. The zero-order valence-corrected chi connectivity index (χ0v) is 9.81. The molecule has 0 aromatic carbocycles. The molecule has 0 saturated heterocycles. The van der Waals surface area contributed by atoms with Crippen molar-refractivity contribution in [3.8, 4) is 0 Å². The maximum absolute atomic E-state index is 3.17. The van der Waals surface area contributed by atoms with Crippen LogP contribution >= 0.6 is 0 Å². The summed E-state index contributed by atoms with van der Waals surface area (Å²) in [6.45, 7) is 2.29. The first kappa shape index (κ1) is 13.7. The van der Waals surface area contributed by atoms with Gasteiger partial charge in [-0.3, -0.25) is 0 Å². The van der Waals surface area contributed by atoms with Crippen molar-refractivity contribution in [3.63, 3.8) is 0 Å². The number of hydrogen-bond donors (Lipinski definition) is 2. The molecule has 2 heteroatoms. The molecule has 0 aliphatic heterocycles. The summed E-state index contributed by atoms with van der Waals surface area (Å²) >= 11 is 0. The molecule has 0 radical (unpaired) electrons. The van der Waals surface area contributed by atoms with Crippen molar-refractivity contribution in [2.45, 2.75) is 38.5 Å². The van der Waals surface area contributed by atoms with E-state index < -0.39 is 0 Å². The molecule has 0 fully saturated rings. The molecule has 0 saturated carbocycles. The Morgan fingerprint density at radius 3 is 1.93 bits per heavy atom. The summed E-state index contributed by atoms with van der Waals surface area (Å²) in [5.74, 6) is 0. The predicted octanol–water partition coefficient (Wildman–Crippen LogP) is 2.32. The Balaban J connectivity index is 2.96. The smallest absolute Gasteiger partial charge is 0.00490 e. The lowest BCUT2D eigenvalue weighted by Crippen LogP contribution is -2.06. The predicted molar refractivity (Wildman–Crippen MR) is 64.7 cm³/mol. The Bertz CT molecular complexity index is 121. The summed E-state index contributed by atoms with van der Waals surface area (Å²) in [6, 6.07) is 0. The van der Waals surface area contributed by atoms with Gasteiger partial charge >= 0.3 is 0 Å². The largest absolute Gasteiger partial charge is 0.320 e. The van der Waals surface area contributed by atoms with Crippen LogP contribution in [0.2, 0.25) is 0 Å². The third-order valence-corrected chi connectivity index (χ3v) is 2.26. The van der Waals surface area contributed by atoms with E-state index in [1.54, 1.807) is 0 Å². The highest BCUT2D eigenvalue weighted by molar-refractivity contribution is 4.81. The van der Waals surface area contributed by atoms with Crippen LogP contribution in [0.15, 0.2) is 12.2 Å². The summed E-state index contributed by atoms with van der Waals surface area (Å²) in [5, 5.41) is 6.32. The Labute approximate surface area is 89.2 Å². The summed E-state index contributed by atoms with van der Waals surface area (Å²) in [6.07, 6.45) is 12.4. The number of unbranched alkanes of at least 4 members (excludes halogenated alkanes) is 4. The SMILES string of the molecule is CNCCC/C=C/CCCCCNC. The van der Waals surface area contributed by atoms with Gasteiger partial charge in [0.2, 0.25) is 0 Å². The van der Waals surface area contributed by atoms with Crippen LogP contribution in [0.1, 0.15) is 38.5 Å². The fourth-order valence-corrected chi connectivity index (χ4v) is 1.37. The lowest BCUT2D eigenvalue weighted by molar-refractivity contribution is 0.647. The van der Waals surface area contributed by atoms with Crippen molar-refractivity contribution >= 4 is 0 Å². The quantitative estimate of drug-likeness (QED) is 0.416. The minimum absolute atomic E-state index is 1.13. The average molecular weight is 198 g/mol.